The standard InChI is InChI=1S/4C18H15P.C9H10N2.C8H9IN2.3CH4.6CH3.Pd.2Sn/c4*1-4-10-16(11-5-1)19(17-12-6-2-7-13-17)18-14-8-3-9-15-18;1-7-8-5-3-4-6-9(8)11(2)10-7;1-11-7-5-3-2-4-6(7)8(9)10;;;;;;;;;;;;/h4*1-15H;3-6H,1-2H3;2-5,10-11H,1H3;3*1H4;6*1H3;;;. The zero-order valence-electron chi connectivity index (χ0n) is 62.6. The quantitative estimate of drug-likeness (QED) is 0.0493. The Bertz CT molecular complexity index is 3930. The minimum Gasteiger partial charge on any atom is -0.0622 e. The number of anilines is 1. The predicted octanol–water partition coefficient (Wildman–Crippen LogP) is 22.8. The Hall–Kier alpha value is -7.27. The summed E-state index contributed by atoms with van der Waals surface area (Å²) in [5.41, 5.74) is 4.26. The van der Waals surface area contributed by atoms with Crippen LogP contribution in [0.5, 0.6) is 0 Å². The molecule has 15 rings (SSSR count). The Balaban J connectivity index is 0.000000274. The molecular weight excluding hydrogens is 1830 g/mol. The summed E-state index contributed by atoms with van der Waals surface area (Å²) in [4.78, 5) is 14.2. The minimum absolute atomic E-state index is 0. The van der Waals surface area contributed by atoms with Gasteiger partial charge in [-0.3, -0.25) is 10.1 Å². The van der Waals surface area contributed by atoms with Crippen LogP contribution in [0.1, 0.15) is 33.5 Å². The molecule has 0 amide bonds. The van der Waals surface area contributed by atoms with Crippen molar-refractivity contribution < 1.29 is 20.4 Å². The summed E-state index contributed by atoms with van der Waals surface area (Å²) in [6, 6.07) is 145. The molecule has 0 atom stereocenters. The summed E-state index contributed by atoms with van der Waals surface area (Å²) in [6.07, 6.45) is 0. The van der Waals surface area contributed by atoms with E-state index in [1.807, 2.05) is 84.7 Å². The second-order valence-corrected chi connectivity index (χ2v) is 52.3. The molecule has 0 aliphatic rings. The van der Waals surface area contributed by atoms with Crippen molar-refractivity contribution in [1.82, 2.24) is 9.78 Å². The third-order valence-corrected chi connectivity index (χ3v) is 25.9. The summed E-state index contributed by atoms with van der Waals surface area (Å²) in [5, 5.41) is 32.8. The maximum absolute atomic E-state index is 7.43. The van der Waals surface area contributed by atoms with Crippen molar-refractivity contribution in [1.29, 1.82) is 5.41 Å². The van der Waals surface area contributed by atoms with Gasteiger partial charge in [-0.25, -0.2) is 0 Å². The van der Waals surface area contributed by atoms with Crippen LogP contribution >= 0.6 is 54.3 Å². The van der Waals surface area contributed by atoms with Gasteiger partial charge in [0.2, 0.25) is 0 Å². The second-order valence-electron chi connectivity index (χ2n) is 25.2. The molecule has 0 spiro atoms. The van der Waals surface area contributed by atoms with Crippen LogP contribution in [0.25, 0.3) is 10.9 Å². The molecule has 0 bridgehead atoms. The van der Waals surface area contributed by atoms with Gasteiger partial charge in [-0.2, -0.15) is 5.10 Å². The van der Waals surface area contributed by atoms with Crippen LogP contribution in [0.4, 0.5) is 5.69 Å². The van der Waals surface area contributed by atoms with Gasteiger partial charge in [0.25, 0.3) is 0 Å². The molecule has 566 valence electrons. The molecule has 12 heteroatoms. The van der Waals surface area contributed by atoms with E-state index in [9.17, 15) is 0 Å². The van der Waals surface area contributed by atoms with Crippen molar-refractivity contribution in [2.45, 2.75) is 58.8 Å². The first-order valence-electron chi connectivity index (χ1n) is 35.5. The Morgan fingerprint density at radius 3 is 0.627 bits per heavy atom. The molecule has 0 aliphatic heterocycles. The number of hydrogen-bond acceptors (Lipinski definition) is 3. The van der Waals surface area contributed by atoms with Gasteiger partial charge in [0, 0.05) is 51.2 Å². The molecule has 4 nitrogen and oxygen atoms in total. The summed E-state index contributed by atoms with van der Waals surface area (Å²) in [7, 11) is 2.04. The SMILES string of the molecule is C.C.C.CNc1ccccc1C(=N)I.Cc1nn(C)c2ccccc12.[CH3][Sn]([CH3])[CH3].[CH3][Sn]([CH3])[CH3].[Pd].c1ccc(P(c2ccccc2)c2ccccc2)cc1.c1ccc(P(c2ccccc2)c2ccccc2)cc1.c1ccc(P(c2ccccc2)c2ccccc2)cc1.c1ccc(P(c2ccccc2)c2ccccc2)cc1. The molecular formula is C98H109IN4P4PdSn2. The summed E-state index contributed by atoms with van der Waals surface area (Å²) < 4.78 is 2.47. The number of fused-ring (bicyclic) bond motifs is 1. The van der Waals surface area contributed by atoms with Crippen LogP contribution in [-0.4, -0.2) is 60.1 Å². The Labute approximate surface area is 708 Å². The van der Waals surface area contributed by atoms with Gasteiger partial charge in [-0.15, -0.1) is 0 Å². The maximum atomic E-state index is 7.43. The molecule has 0 aliphatic carbocycles. The van der Waals surface area contributed by atoms with E-state index in [1.54, 1.807) is 0 Å². The van der Waals surface area contributed by atoms with Crippen LogP contribution in [-0.2, 0) is 27.5 Å². The fourth-order valence-corrected chi connectivity index (χ4v) is 20.7. The first-order chi connectivity index (χ1) is 51.8. The summed E-state index contributed by atoms with van der Waals surface area (Å²) in [5.74, 6) is 0. The molecule has 2 N–H and O–H groups in total. The van der Waals surface area contributed by atoms with E-state index in [-0.39, 0.29) is 42.7 Å². The molecule has 0 unspecified atom stereocenters. The first-order valence-corrected chi connectivity index (χ1v) is 59.1. The van der Waals surface area contributed by atoms with Gasteiger partial charge in [-0.05, 0) is 137 Å². The van der Waals surface area contributed by atoms with Gasteiger partial charge in [0.15, 0.2) is 0 Å². The van der Waals surface area contributed by atoms with Crippen LogP contribution in [0, 0.1) is 12.3 Å². The second kappa shape index (κ2) is 54.4. The van der Waals surface area contributed by atoms with Crippen LogP contribution < -0.4 is 69.0 Å². The van der Waals surface area contributed by atoms with Crippen molar-refractivity contribution in [2.24, 2.45) is 7.05 Å². The van der Waals surface area contributed by atoms with E-state index in [0.29, 0.717) is 3.72 Å². The zero-order valence-corrected chi connectivity index (χ0v) is 75.6. The Kier molecular flexibility index (Phi) is 47.0. The minimum atomic E-state index is -0.543. The van der Waals surface area contributed by atoms with Crippen LogP contribution in [0.3, 0.4) is 0 Å². The van der Waals surface area contributed by atoms with Crippen molar-refractivity contribution >= 4 is 178 Å². The fraction of sp³-hybridized carbons (Fsp3) is 0.122. The number of nitrogens with zero attached hydrogens (tertiary/aromatic N) is 2. The average molecular weight is 1940 g/mol. The average Bonchev–Trinajstić information content (AvgIpc) is 1.12. The number of nitrogens with one attached hydrogen (secondary N) is 2. The van der Waals surface area contributed by atoms with E-state index >= 15 is 0 Å². The number of para-hydroxylation sites is 2. The summed E-state index contributed by atoms with van der Waals surface area (Å²) in [6.45, 7) is 2.03. The number of benzene rings is 14. The molecule has 15 aromatic rings. The van der Waals surface area contributed by atoms with E-state index in [4.69, 9.17) is 5.41 Å². The van der Waals surface area contributed by atoms with E-state index < -0.39 is 71.2 Å². The topological polar surface area (TPSA) is 53.7 Å². The molecule has 0 saturated heterocycles. The largest absolute Gasteiger partial charge is 0.0622 e. The van der Waals surface area contributed by atoms with Gasteiger partial charge in [-0.1, -0.05) is 423 Å². The van der Waals surface area contributed by atoms with E-state index in [1.165, 1.54) is 74.6 Å². The molecule has 0 fully saturated rings. The Morgan fingerprint density at radius 2 is 0.464 bits per heavy atom. The molecule has 1 heterocycles. The van der Waals surface area contributed by atoms with E-state index in [2.05, 4.69) is 416 Å². The summed E-state index contributed by atoms with van der Waals surface area (Å²) >= 11 is 0.914. The molecule has 0 saturated carbocycles. The predicted molar refractivity (Wildman–Crippen MR) is 510 cm³/mol. The Morgan fingerprint density at radius 1 is 0.300 bits per heavy atom. The molecule has 2 radical (unpaired) electrons. The molecule has 14 aromatic carbocycles. The van der Waals surface area contributed by atoms with E-state index in [0.717, 1.165) is 16.9 Å². The number of aryl methyl sites for hydroxylation is 2. The normalized spacial score (nSPS) is 9.96. The smallest absolute Gasteiger partial charge is 0 e. The van der Waals surface area contributed by atoms with Gasteiger partial charge in [0.05, 0.1) is 11.2 Å². The van der Waals surface area contributed by atoms with Gasteiger partial charge < -0.3 is 5.32 Å². The molecule has 1 aromatic heterocycles. The third-order valence-electron chi connectivity index (χ3n) is 15.5. The zero-order chi connectivity index (χ0) is 74.9. The fourth-order valence-electron chi connectivity index (χ4n) is 11.0. The van der Waals surface area contributed by atoms with Crippen molar-refractivity contribution in [3.63, 3.8) is 0 Å². The van der Waals surface area contributed by atoms with Gasteiger partial charge in [0.1, 0.15) is 3.72 Å². The monoisotopic (exact) mass is 1940 g/mol. The van der Waals surface area contributed by atoms with Crippen molar-refractivity contribution in [3.05, 3.63) is 424 Å². The van der Waals surface area contributed by atoms with Crippen molar-refractivity contribution in [2.75, 3.05) is 12.4 Å². The van der Waals surface area contributed by atoms with Crippen LogP contribution in [0.15, 0.2) is 413 Å². The van der Waals surface area contributed by atoms with Gasteiger partial charge >= 0.3 is 69.2 Å². The number of hydrogen-bond donors (Lipinski definition) is 2. The number of aromatic nitrogens is 2. The molecule has 110 heavy (non-hydrogen) atoms. The van der Waals surface area contributed by atoms with Crippen LogP contribution in [0.2, 0.25) is 29.6 Å². The van der Waals surface area contributed by atoms with Crippen molar-refractivity contribution in [3.8, 4) is 0 Å². The third kappa shape index (κ3) is 32.1. The number of rotatable bonds is 14. The first kappa shape index (κ1) is 95.1. The number of halogens is 1. The maximum Gasteiger partial charge on any atom is 0 e.